The van der Waals surface area contributed by atoms with Crippen LogP contribution in [0.15, 0.2) is 30.3 Å². The molecule has 1 aromatic carbocycles. The van der Waals surface area contributed by atoms with Crippen molar-refractivity contribution in [3.05, 3.63) is 35.9 Å². The van der Waals surface area contributed by atoms with Crippen molar-refractivity contribution in [3.8, 4) is 0 Å². The van der Waals surface area contributed by atoms with Gasteiger partial charge in [-0.25, -0.2) is 0 Å². The van der Waals surface area contributed by atoms with E-state index in [0.717, 1.165) is 23.5 Å². The molecule has 2 aliphatic carbocycles. The predicted molar refractivity (Wildman–Crippen MR) is 102 cm³/mol. The second-order valence-corrected chi connectivity index (χ2v) is 8.49. The largest absolute Gasteiger partial charge is 0.360 e. The summed E-state index contributed by atoms with van der Waals surface area (Å²) in [5.41, 5.74) is 1.45. The van der Waals surface area contributed by atoms with Crippen molar-refractivity contribution in [2.24, 2.45) is 11.8 Å². The molecule has 0 spiro atoms. The highest BCUT2D eigenvalue weighted by Crippen LogP contribution is 2.44. The van der Waals surface area contributed by atoms with E-state index in [-0.39, 0.29) is 0 Å². The molecule has 3 fully saturated rings. The van der Waals surface area contributed by atoms with Crippen LogP contribution in [0.1, 0.15) is 44.1 Å². The van der Waals surface area contributed by atoms with E-state index >= 15 is 0 Å². The summed E-state index contributed by atoms with van der Waals surface area (Å²) in [6.07, 6.45) is 8.08. The van der Waals surface area contributed by atoms with Gasteiger partial charge in [-0.15, -0.1) is 0 Å². The molecule has 2 bridgehead atoms. The van der Waals surface area contributed by atoms with Crippen LogP contribution < -0.4 is 15.5 Å². The summed E-state index contributed by atoms with van der Waals surface area (Å²) in [6.45, 7) is 3.63. The molecule has 1 saturated heterocycles. The van der Waals surface area contributed by atoms with Gasteiger partial charge < -0.3 is 15.5 Å². The van der Waals surface area contributed by atoms with Gasteiger partial charge in [-0.2, -0.15) is 0 Å². The van der Waals surface area contributed by atoms with Crippen molar-refractivity contribution < 1.29 is 4.90 Å². The van der Waals surface area contributed by atoms with E-state index in [1.54, 1.807) is 4.90 Å². The minimum atomic E-state index is 0.558. The van der Waals surface area contributed by atoms with Crippen molar-refractivity contribution >= 4 is 17.3 Å². The number of likely N-dealkylation sites (tertiary alicyclic amines) is 1. The summed E-state index contributed by atoms with van der Waals surface area (Å²) in [5.74, 6) is 1.85. The Morgan fingerprint density at radius 2 is 1.79 bits per heavy atom. The van der Waals surface area contributed by atoms with Crippen molar-refractivity contribution in [2.45, 2.75) is 57.2 Å². The minimum Gasteiger partial charge on any atom is -0.360 e. The maximum absolute atomic E-state index is 5.59. The molecule has 2 saturated carbocycles. The van der Waals surface area contributed by atoms with Gasteiger partial charge in [0.05, 0.1) is 13.1 Å². The second-order valence-electron chi connectivity index (χ2n) is 8.09. The van der Waals surface area contributed by atoms with Crippen LogP contribution in [0.3, 0.4) is 0 Å². The summed E-state index contributed by atoms with van der Waals surface area (Å²) in [5, 5.41) is 8.13. The molecule has 3 atom stereocenters. The highest BCUT2D eigenvalue weighted by molar-refractivity contribution is 7.80. The van der Waals surface area contributed by atoms with E-state index in [0.29, 0.717) is 12.1 Å². The van der Waals surface area contributed by atoms with Crippen LogP contribution in [0.25, 0.3) is 0 Å². The van der Waals surface area contributed by atoms with Gasteiger partial charge >= 0.3 is 0 Å². The number of nitrogens with one attached hydrogen (secondary N) is 3. The van der Waals surface area contributed by atoms with Gasteiger partial charge in [0.25, 0.3) is 0 Å². The van der Waals surface area contributed by atoms with Crippen LogP contribution in [-0.2, 0) is 6.54 Å². The van der Waals surface area contributed by atoms with Crippen molar-refractivity contribution in [1.29, 1.82) is 0 Å². The molecule has 4 heteroatoms. The Bertz CT molecular complexity index is 553. The number of hydrogen-bond acceptors (Lipinski definition) is 1. The van der Waals surface area contributed by atoms with Crippen molar-refractivity contribution in [1.82, 2.24) is 10.6 Å². The summed E-state index contributed by atoms with van der Waals surface area (Å²) in [4.78, 5) is 1.70. The van der Waals surface area contributed by atoms with Gasteiger partial charge in [0.15, 0.2) is 5.11 Å². The Morgan fingerprint density at radius 1 is 1.00 bits per heavy atom. The fraction of sp³-hybridized carbons (Fsp3) is 0.650. The lowest BCUT2D eigenvalue weighted by Crippen LogP contribution is -3.12. The molecule has 4 rings (SSSR count). The molecule has 1 aromatic rings. The average Bonchev–Trinajstić information content (AvgIpc) is 3.20. The van der Waals surface area contributed by atoms with Crippen LogP contribution >= 0.6 is 12.2 Å². The second kappa shape index (κ2) is 7.40. The van der Waals surface area contributed by atoms with Crippen molar-refractivity contribution in [3.63, 3.8) is 0 Å². The number of rotatable bonds is 4. The SMILES string of the molecule is S=C(NC1CC[NH+](Cc2ccccc2)CC1)N[C@@H]1C[C@H]2CC[C@@H]1C2. The lowest BCUT2D eigenvalue weighted by molar-refractivity contribution is -0.918. The number of hydrogen-bond donors (Lipinski definition) is 3. The highest BCUT2D eigenvalue weighted by atomic mass is 32.1. The third-order valence-electron chi connectivity index (χ3n) is 6.38. The Balaban J connectivity index is 1.18. The first-order valence-corrected chi connectivity index (χ1v) is 10.1. The van der Waals surface area contributed by atoms with Gasteiger partial charge in [-0.1, -0.05) is 36.8 Å². The molecular weight excluding hydrogens is 314 g/mol. The van der Waals surface area contributed by atoms with Gasteiger partial charge in [0.1, 0.15) is 6.54 Å². The van der Waals surface area contributed by atoms with E-state index < -0.39 is 0 Å². The van der Waals surface area contributed by atoms with Crippen molar-refractivity contribution in [2.75, 3.05) is 13.1 Å². The molecule has 0 amide bonds. The first-order chi connectivity index (χ1) is 11.8. The molecule has 24 heavy (non-hydrogen) atoms. The Morgan fingerprint density at radius 3 is 2.46 bits per heavy atom. The topological polar surface area (TPSA) is 28.5 Å². The lowest BCUT2D eigenvalue weighted by atomic mass is 9.95. The number of quaternary nitrogens is 1. The van der Waals surface area contributed by atoms with E-state index in [2.05, 4.69) is 41.0 Å². The summed E-state index contributed by atoms with van der Waals surface area (Å²) in [7, 11) is 0. The maximum atomic E-state index is 5.59. The maximum Gasteiger partial charge on any atom is 0.166 e. The zero-order chi connectivity index (χ0) is 16.4. The Hall–Kier alpha value is -1.13. The molecule has 1 aliphatic heterocycles. The predicted octanol–water partition coefficient (Wildman–Crippen LogP) is 1.89. The molecule has 0 unspecified atom stereocenters. The Labute approximate surface area is 151 Å². The first-order valence-electron chi connectivity index (χ1n) is 9.71. The molecular formula is C20H30N3S+. The smallest absolute Gasteiger partial charge is 0.166 e. The zero-order valence-corrected chi connectivity index (χ0v) is 15.3. The summed E-state index contributed by atoms with van der Waals surface area (Å²) in [6, 6.07) is 12.1. The van der Waals surface area contributed by atoms with Gasteiger partial charge in [-0.05, 0) is 43.3 Å². The standard InChI is InChI=1S/C20H29N3S/c24-20(22-19-13-16-6-7-17(19)12-16)21-18-8-10-23(11-9-18)14-15-4-2-1-3-5-15/h1-5,16-19H,6-14H2,(H2,21,22,24)/p+1/t16-,17+,19+/m0/s1. The zero-order valence-electron chi connectivity index (χ0n) is 14.5. The molecule has 0 radical (unpaired) electrons. The first kappa shape index (κ1) is 16.3. The Kier molecular flexibility index (Phi) is 5.04. The van der Waals surface area contributed by atoms with E-state index in [4.69, 9.17) is 12.2 Å². The van der Waals surface area contributed by atoms with Gasteiger partial charge in [-0.3, -0.25) is 0 Å². The van der Waals surface area contributed by atoms with Gasteiger partial charge in [0, 0.05) is 30.5 Å². The monoisotopic (exact) mass is 344 g/mol. The number of benzene rings is 1. The quantitative estimate of drug-likeness (QED) is 0.729. The van der Waals surface area contributed by atoms with E-state index in [1.807, 2.05) is 0 Å². The van der Waals surface area contributed by atoms with Crippen LogP contribution in [-0.4, -0.2) is 30.3 Å². The number of thiocarbonyl (C=S) groups is 1. The normalized spacial score (nSPS) is 34.9. The van der Waals surface area contributed by atoms with Gasteiger partial charge in [0.2, 0.25) is 0 Å². The van der Waals surface area contributed by atoms with Crippen LogP contribution in [0, 0.1) is 11.8 Å². The molecule has 3 aliphatic rings. The molecule has 3 nitrogen and oxygen atoms in total. The average molecular weight is 345 g/mol. The van der Waals surface area contributed by atoms with Crippen LogP contribution in [0.4, 0.5) is 0 Å². The van der Waals surface area contributed by atoms with E-state index in [9.17, 15) is 0 Å². The highest BCUT2D eigenvalue weighted by Gasteiger charge is 2.39. The molecule has 1 heterocycles. The number of fused-ring (bicyclic) bond motifs is 2. The molecule has 3 N–H and O–H groups in total. The fourth-order valence-corrected chi connectivity index (χ4v) is 5.37. The minimum absolute atomic E-state index is 0.558. The lowest BCUT2D eigenvalue weighted by Gasteiger charge is -2.32. The number of piperidine rings is 1. The molecule has 130 valence electrons. The summed E-state index contributed by atoms with van der Waals surface area (Å²) >= 11 is 5.59. The third kappa shape index (κ3) is 3.92. The molecule has 0 aromatic heterocycles. The summed E-state index contributed by atoms with van der Waals surface area (Å²) < 4.78 is 0. The third-order valence-corrected chi connectivity index (χ3v) is 6.62. The van der Waals surface area contributed by atoms with Crippen LogP contribution in [0.5, 0.6) is 0 Å². The fourth-order valence-electron chi connectivity index (χ4n) is 5.05. The van der Waals surface area contributed by atoms with Crippen LogP contribution in [0.2, 0.25) is 0 Å². The van der Waals surface area contributed by atoms with E-state index in [1.165, 1.54) is 57.2 Å².